The Morgan fingerprint density at radius 3 is 2.47 bits per heavy atom. The highest BCUT2D eigenvalue weighted by Crippen LogP contribution is 2.23. The summed E-state index contributed by atoms with van der Waals surface area (Å²) in [7, 11) is -2.94. The lowest BCUT2D eigenvalue weighted by atomic mass is 9.91. The van der Waals surface area contributed by atoms with E-state index in [1.165, 1.54) is 0 Å². The summed E-state index contributed by atoms with van der Waals surface area (Å²) in [5.41, 5.74) is 0.0815. The molecule has 0 aromatic carbocycles. The Morgan fingerprint density at radius 2 is 2.00 bits per heavy atom. The number of hydrogen-bond donors (Lipinski definition) is 1. The van der Waals surface area contributed by atoms with Crippen molar-refractivity contribution < 1.29 is 8.42 Å². The summed E-state index contributed by atoms with van der Waals surface area (Å²) in [5.74, 6) is 0.274. The van der Waals surface area contributed by atoms with Gasteiger partial charge in [-0.3, -0.25) is 4.90 Å². The number of nitrogens with one attached hydrogen (secondary N) is 1. The van der Waals surface area contributed by atoms with Crippen LogP contribution in [0.2, 0.25) is 0 Å². The first-order valence-electron chi connectivity index (χ1n) is 7.45. The van der Waals surface area contributed by atoms with Crippen LogP contribution in [-0.2, 0) is 9.84 Å². The first-order valence-corrected chi connectivity index (χ1v) is 9.16. The molecule has 0 aromatic heterocycles. The fourth-order valence-corrected chi connectivity index (χ4v) is 3.43. The maximum atomic E-state index is 12.0. The van der Waals surface area contributed by atoms with E-state index < -0.39 is 9.84 Å². The summed E-state index contributed by atoms with van der Waals surface area (Å²) in [6.45, 7) is 12.7. The zero-order chi connectivity index (χ0) is 14.7. The molecule has 1 aliphatic heterocycles. The zero-order valence-electron chi connectivity index (χ0n) is 13.1. The Labute approximate surface area is 118 Å². The van der Waals surface area contributed by atoms with Crippen LogP contribution in [0.3, 0.4) is 0 Å². The molecule has 1 saturated heterocycles. The average molecular weight is 290 g/mol. The number of hydrogen-bond acceptors (Lipinski definition) is 4. The van der Waals surface area contributed by atoms with Crippen molar-refractivity contribution in [2.75, 3.05) is 25.4 Å². The summed E-state index contributed by atoms with van der Waals surface area (Å²) < 4.78 is 24.0. The van der Waals surface area contributed by atoms with E-state index in [4.69, 9.17) is 0 Å². The van der Waals surface area contributed by atoms with Crippen molar-refractivity contribution in [3.05, 3.63) is 0 Å². The molecule has 0 radical (unpaired) electrons. The monoisotopic (exact) mass is 290 g/mol. The van der Waals surface area contributed by atoms with Crippen LogP contribution < -0.4 is 5.32 Å². The van der Waals surface area contributed by atoms with Gasteiger partial charge in [-0.2, -0.15) is 0 Å². The van der Waals surface area contributed by atoms with Gasteiger partial charge in [0.05, 0.1) is 11.0 Å². The van der Waals surface area contributed by atoms with E-state index in [2.05, 4.69) is 31.0 Å². The molecule has 0 spiro atoms. The number of piperazine rings is 1. The van der Waals surface area contributed by atoms with Gasteiger partial charge in [0.25, 0.3) is 0 Å². The van der Waals surface area contributed by atoms with Gasteiger partial charge in [0.15, 0.2) is 9.84 Å². The molecule has 19 heavy (non-hydrogen) atoms. The van der Waals surface area contributed by atoms with Crippen molar-refractivity contribution in [1.82, 2.24) is 10.2 Å². The highest BCUT2D eigenvalue weighted by Gasteiger charge is 2.36. The Balaban J connectivity index is 2.71. The van der Waals surface area contributed by atoms with Gasteiger partial charge in [0.1, 0.15) is 0 Å². The molecule has 2 atom stereocenters. The molecule has 0 aromatic rings. The second kappa shape index (κ2) is 6.55. The van der Waals surface area contributed by atoms with Gasteiger partial charge in [-0.25, -0.2) is 8.42 Å². The van der Waals surface area contributed by atoms with Gasteiger partial charge < -0.3 is 5.32 Å². The molecular weight excluding hydrogens is 260 g/mol. The van der Waals surface area contributed by atoms with Crippen molar-refractivity contribution in [2.45, 2.75) is 64.3 Å². The predicted octanol–water partition coefficient (Wildman–Crippen LogP) is 1.66. The smallest absolute Gasteiger partial charge is 0.153 e. The highest BCUT2D eigenvalue weighted by molar-refractivity contribution is 7.92. The molecule has 5 heteroatoms. The van der Waals surface area contributed by atoms with E-state index in [9.17, 15) is 8.42 Å². The van der Waals surface area contributed by atoms with E-state index in [-0.39, 0.29) is 16.5 Å². The normalized spacial score (nSPS) is 29.9. The quantitative estimate of drug-likeness (QED) is 0.808. The van der Waals surface area contributed by atoms with Crippen LogP contribution in [0.1, 0.15) is 47.5 Å². The Bertz CT molecular complexity index is 381. The maximum absolute atomic E-state index is 12.0. The number of rotatable bonds is 6. The molecule has 0 aliphatic carbocycles. The van der Waals surface area contributed by atoms with Crippen LogP contribution in [0, 0.1) is 0 Å². The van der Waals surface area contributed by atoms with Crippen molar-refractivity contribution in [1.29, 1.82) is 0 Å². The van der Waals surface area contributed by atoms with E-state index in [0.29, 0.717) is 12.6 Å². The number of sulfone groups is 1. The minimum atomic E-state index is -2.94. The van der Waals surface area contributed by atoms with Gasteiger partial charge in [-0.15, -0.1) is 0 Å². The molecule has 0 amide bonds. The zero-order valence-corrected chi connectivity index (χ0v) is 13.9. The van der Waals surface area contributed by atoms with Crippen LogP contribution in [0.5, 0.6) is 0 Å². The molecule has 0 saturated carbocycles. The van der Waals surface area contributed by atoms with E-state index in [0.717, 1.165) is 25.9 Å². The number of nitrogens with zero attached hydrogens (tertiary/aromatic N) is 1. The molecule has 1 fully saturated rings. The first-order chi connectivity index (χ1) is 8.75. The summed E-state index contributed by atoms with van der Waals surface area (Å²) in [5, 5.41) is 3.30. The molecule has 4 nitrogen and oxygen atoms in total. The highest BCUT2D eigenvalue weighted by atomic mass is 32.2. The lowest BCUT2D eigenvalue weighted by molar-refractivity contribution is 0.0541. The average Bonchev–Trinajstić information content (AvgIpc) is 2.37. The summed E-state index contributed by atoms with van der Waals surface area (Å²) in [6.07, 6.45) is 2.13. The topological polar surface area (TPSA) is 49.4 Å². The first kappa shape index (κ1) is 16.9. The lowest BCUT2D eigenvalue weighted by Crippen LogP contribution is -2.63. The van der Waals surface area contributed by atoms with E-state index in [1.54, 1.807) is 13.8 Å². The summed E-state index contributed by atoms with van der Waals surface area (Å²) in [6, 6.07) is 0.487. The van der Waals surface area contributed by atoms with Crippen LogP contribution in [0.25, 0.3) is 0 Å². The van der Waals surface area contributed by atoms with Crippen LogP contribution in [0.4, 0.5) is 0 Å². The largest absolute Gasteiger partial charge is 0.311 e. The van der Waals surface area contributed by atoms with Crippen LogP contribution in [0.15, 0.2) is 0 Å². The van der Waals surface area contributed by atoms with Crippen LogP contribution in [-0.4, -0.2) is 55.5 Å². The van der Waals surface area contributed by atoms with Gasteiger partial charge in [0, 0.05) is 31.2 Å². The SMILES string of the molecule is CCC1CN(CCS(=O)(=O)C(C)C)C(C)(CC)CN1. The lowest BCUT2D eigenvalue weighted by Gasteiger charge is -2.48. The van der Waals surface area contributed by atoms with Crippen molar-refractivity contribution in [3.63, 3.8) is 0 Å². The molecule has 1 aliphatic rings. The third kappa shape index (κ3) is 4.17. The standard InChI is InChI=1S/C14H30N2O2S/c1-6-13-10-16(14(5,7-2)11-15-13)8-9-19(17,18)12(3)4/h12-13,15H,6-11H2,1-5H3. The summed E-state index contributed by atoms with van der Waals surface area (Å²) in [4.78, 5) is 2.37. The summed E-state index contributed by atoms with van der Waals surface area (Å²) >= 11 is 0. The Morgan fingerprint density at radius 1 is 1.37 bits per heavy atom. The fraction of sp³-hybridized carbons (Fsp3) is 1.00. The fourth-order valence-electron chi connectivity index (χ4n) is 2.48. The van der Waals surface area contributed by atoms with Gasteiger partial charge in [-0.05, 0) is 33.6 Å². The third-order valence-electron chi connectivity index (χ3n) is 4.59. The molecule has 114 valence electrons. The minimum absolute atomic E-state index is 0.0815. The Hall–Kier alpha value is -0.130. The maximum Gasteiger partial charge on any atom is 0.153 e. The van der Waals surface area contributed by atoms with Crippen molar-refractivity contribution in [3.8, 4) is 0 Å². The molecular formula is C14H30N2O2S. The van der Waals surface area contributed by atoms with E-state index in [1.807, 2.05) is 0 Å². The third-order valence-corrected chi connectivity index (χ3v) is 6.78. The van der Waals surface area contributed by atoms with Gasteiger partial charge in [0.2, 0.25) is 0 Å². The second-order valence-corrected chi connectivity index (χ2v) is 8.88. The molecule has 1 rings (SSSR count). The predicted molar refractivity (Wildman–Crippen MR) is 81.3 cm³/mol. The Kier molecular flexibility index (Phi) is 5.83. The van der Waals surface area contributed by atoms with Crippen LogP contribution >= 0.6 is 0 Å². The second-order valence-electron chi connectivity index (χ2n) is 6.20. The van der Waals surface area contributed by atoms with Crippen molar-refractivity contribution >= 4 is 9.84 Å². The molecule has 1 heterocycles. The van der Waals surface area contributed by atoms with Gasteiger partial charge in [-0.1, -0.05) is 13.8 Å². The molecule has 1 N–H and O–H groups in total. The minimum Gasteiger partial charge on any atom is -0.311 e. The molecule has 0 bridgehead atoms. The van der Waals surface area contributed by atoms with E-state index >= 15 is 0 Å². The van der Waals surface area contributed by atoms with Crippen molar-refractivity contribution in [2.24, 2.45) is 0 Å². The van der Waals surface area contributed by atoms with Gasteiger partial charge >= 0.3 is 0 Å². The molecule has 2 unspecified atom stereocenters.